The van der Waals surface area contributed by atoms with Crippen LogP contribution in [0.2, 0.25) is 5.02 Å². The maximum atomic E-state index is 12.5. The number of halogens is 1. The van der Waals surface area contributed by atoms with Crippen LogP contribution in [0.3, 0.4) is 0 Å². The van der Waals surface area contributed by atoms with Crippen molar-refractivity contribution in [2.24, 2.45) is 17.8 Å². The van der Waals surface area contributed by atoms with E-state index in [-0.39, 0.29) is 5.54 Å². The van der Waals surface area contributed by atoms with Gasteiger partial charge in [0.25, 0.3) is 5.91 Å². The van der Waals surface area contributed by atoms with Crippen molar-refractivity contribution in [2.45, 2.75) is 57.9 Å². The summed E-state index contributed by atoms with van der Waals surface area (Å²) >= 11 is 6.20. The van der Waals surface area contributed by atoms with E-state index >= 15 is 0 Å². The number of rotatable bonds is 5. The predicted molar refractivity (Wildman–Crippen MR) is 126 cm³/mol. The third kappa shape index (κ3) is 4.43. The number of nitrogens with one attached hydrogen (secondary N) is 2. The predicted octanol–water partition coefficient (Wildman–Crippen LogP) is 4.09. The first-order valence-corrected chi connectivity index (χ1v) is 12.2. The van der Waals surface area contributed by atoms with E-state index in [1.54, 1.807) is 28.9 Å². The Balaban J connectivity index is 1.12. The largest absolute Gasteiger partial charge is 0.452 e. The van der Waals surface area contributed by atoms with Crippen molar-refractivity contribution in [1.29, 1.82) is 0 Å². The first-order valence-electron chi connectivity index (χ1n) is 11.8. The molecule has 3 amide bonds. The van der Waals surface area contributed by atoms with Crippen LogP contribution in [0, 0.1) is 31.6 Å². The van der Waals surface area contributed by atoms with Gasteiger partial charge in [-0.3, -0.25) is 10.1 Å². The zero-order valence-electron chi connectivity index (χ0n) is 19.4. The molecule has 0 aliphatic heterocycles. The molecule has 4 bridgehead atoms. The van der Waals surface area contributed by atoms with Crippen molar-refractivity contribution in [3.8, 4) is 5.69 Å². The van der Waals surface area contributed by atoms with Crippen LogP contribution >= 0.6 is 11.6 Å². The smallest absolute Gasteiger partial charge is 0.338 e. The van der Waals surface area contributed by atoms with Crippen molar-refractivity contribution in [3.63, 3.8) is 0 Å². The molecule has 0 saturated heterocycles. The number of hydrogen-bond donors (Lipinski definition) is 2. The molecule has 4 fully saturated rings. The molecule has 4 aliphatic carbocycles. The van der Waals surface area contributed by atoms with Crippen LogP contribution in [0.25, 0.3) is 5.69 Å². The molecule has 4 aliphatic rings. The molecule has 9 heteroatoms. The highest BCUT2D eigenvalue weighted by Gasteiger charge is 2.51. The van der Waals surface area contributed by atoms with E-state index in [0.29, 0.717) is 28.3 Å². The van der Waals surface area contributed by atoms with Gasteiger partial charge in [0.1, 0.15) is 0 Å². The second-order valence-electron chi connectivity index (χ2n) is 10.2. The SMILES string of the molecule is Cc1nn(-c2ccc(C(=O)OCC(=O)NC(=O)NC34CC5CC(CC(C5)C3)C4)cc2)c(C)c1Cl. The number of carbonyl (C=O) groups excluding carboxylic acids is 3. The molecule has 6 rings (SSSR count). The van der Waals surface area contributed by atoms with Crippen LogP contribution in [0.1, 0.15) is 60.3 Å². The number of amides is 3. The van der Waals surface area contributed by atoms with Gasteiger partial charge in [-0.15, -0.1) is 0 Å². The number of esters is 1. The van der Waals surface area contributed by atoms with E-state index in [4.69, 9.17) is 16.3 Å². The molecular weight excluding hydrogens is 456 g/mol. The molecule has 2 aromatic rings. The minimum absolute atomic E-state index is 0.187. The molecule has 0 unspecified atom stereocenters. The lowest BCUT2D eigenvalue weighted by atomic mass is 9.53. The molecular formula is C25H29ClN4O4. The summed E-state index contributed by atoms with van der Waals surface area (Å²) in [5, 5.41) is 10.4. The highest BCUT2D eigenvalue weighted by Crippen LogP contribution is 2.55. The van der Waals surface area contributed by atoms with Gasteiger partial charge in [-0.2, -0.15) is 5.10 Å². The molecule has 1 heterocycles. The topological polar surface area (TPSA) is 102 Å². The molecule has 34 heavy (non-hydrogen) atoms. The average Bonchev–Trinajstić information content (AvgIpc) is 3.03. The number of carbonyl (C=O) groups is 3. The van der Waals surface area contributed by atoms with E-state index in [1.165, 1.54) is 19.3 Å². The zero-order valence-corrected chi connectivity index (χ0v) is 20.2. The van der Waals surface area contributed by atoms with E-state index in [9.17, 15) is 14.4 Å². The molecule has 4 saturated carbocycles. The van der Waals surface area contributed by atoms with Gasteiger partial charge < -0.3 is 10.1 Å². The third-order valence-corrected chi connectivity index (χ3v) is 8.10. The van der Waals surface area contributed by atoms with Gasteiger partial charge in [0, 0.05) is 5.54 Å². The van der Waals surface area contributed by atoms with Crippen molar-refractivity contribution >= 4 is 29.5 Å². The molecule has 0 spiro atoms. The molecule has 180 valence electrons. The van der Waals surface area contributed by atoms with Crippen LogP contribution in [0.4, 0.5) is 4.79 Å². The van der Waals surface area contributed by atoms with Crippen LogP contribution in [-0.2, 0) is 9.53 Å². The van der Waals surface area contributed by atoms with Crippen LogP contribution in [0.5, 0.6) is 0 Å². The lowest BCUT2D eigenvalue weighted by molar-refractivity contribution is -0.123. The Labute approximate surface area is 203 Å². The summed E-state index contributed by atoms with van der Waals surface area (Å²) in [6, 6.07) is 6.15. The summed E-state index contributed by atoms with van der Waals surface area (Å²) in [6.45, 7) is 3.16. The lowest BCUT2D eigenvalue weighted by Crippen LogP contribution is -2.62. The van der Waals surface area contributed by atoms with Gasteiger partial charge in [-0.05, 0) is 94.4 Å². The minimum atomic E-state index is -0.649. The second kappa shape index (κ2) is 8.73. The Kier molecular flexibility index (Phi) is 5.88. The maximum absolute atomic E-state index is 12.5. The van der Waals surface area contributed by atoms with Crippen molar-refractivity contribution in [2.75, 3.05) is 6.61 Å². The van der Waals surface area contributed by atoms with Gasteiger partial charge in [0.05, 0.1) is 27.7 Å². The van der Waals surface area contributed by atoms with Crippen molar-refractivity contribution in [1.82, 2.24) is 20.4 Å². The molecule has 0 radical (unpaired) electrons. The van der Waals surface area contributed by atoms with Crippen LogP contribution in [0.15, 0.2) is 24.3 Å². The van der Waals surface area contributed by atoms with E-state index in [0.717, 1.165) is 36.3 Å². The molecule has 1 aromatic carbocycles. The summed E-state index contributed by atoms with van der Waals surface area (Å²) in [6.07, 6.45) is 6.80. The summed E-state index contributed by atoms with van der Waals surface area (Å²) < 4.78 is 6.80. The number of aryl methyl sites for hydroxylation is 1. The molecule has 2 N–H and O–H groups in total. The number of imide groups is 1. The molecule has 0 atom stereocenters. The molecule has 1 aromatic heterocycles. The number of benzene rings is 1. The van der Waals surface area contributed by atoms with Gasteiger partial charge in [-0.25, -0.2) is 14.3 Å². The number of nitrogens with zero attached hydrogens (tertiary/aromatic N) is 2. The number of aromatic nitrogens is 2. The molecule has 8 nitrogen and oxygen atoms in total. The van der Waals surface area contributed by atoms with Gasteiger partial charge in [0.15, 0.2) is 6.61 Å². The number of ether oxygens (including phenoxy) is 1. The Morgan fingerprint density at radius 1 is 1.06 bits per heavy atom. The van der Waals surface area contributed by atoms with Gasteiger partial charge in [0.2, 0.25) is 0 Å². The monoisotopic (exact) mass is 484 g/mol. The standard InChI is InChI=1S/C25H29ClN4O4/c1-14-22(26)15(2)30(29-14)20-5-3-19(4-6-20)23(32)34-13-21(31)27-24(33)28-25-10-16-7-17(11-25)9-18(8-16)12-25/h3-6,16-18H,7-13H2,1-2H3,(H2,27,28,31,33). The Hall–Kier alpha value is -2.87. The third-order valence-electron chi connectivity index (χ3n) is 7.55. The number of urea groups is 1. The quantitative estimate of drug-likeness (QED) is 0.622. The first-order chi connectivity index (χ1) is 16.2. The van der Waals surface area contributed by atoms with E-state index in [1.807, 2.05) is 13.8 Å². The normalized spacial score (nSPS) is 26.9. The minimum Gasteiger partial charge on any atom is -0.452 e. The average molecular weight is 485 g/mol. The summed E-state index contributed by atoms with van der Waals surface area (Å²) in [7, 11) is 0. The fourth-order valence-corrected chi connectivity index (χ4v) is 6.64. The van der Waals surface area contributed by atoms with Gasteiger partial charge >= 0.3 is 12.0 Å². The van der Waals surface area contributed by atoms with Crippen molar-refractivity contribution in [3.05, 3.63) is 46.2 Å². The van der Waals surface area contributed by atoms with E-state index < -0.39 is 24.5 Å². The lowest BCUT2D eigenvalue weighted by Gasteiger charge is -2.56. The Morgan fingerprint density at radius 3 is 2.18 bits per heavy atom. The highest BCUT2D eigenvalue weighted by molar-refractivity contribution is 6.31. The number of hydrogen-bond acceptors (Lipinski definition) is 5. The fourth-order valence-electron chi connectivity index (χ4n) is 6.53. The van der Waals surface area contributed by atoms with Crippen molar-refractivity contribution < 1.29 is 19.1 Å². The zero-order chi connectivity index (χ0) is 24.0. The first kappa shape index (κ1) is 22.9. The maximum Gasteiger partial charge on any atom is 0.338 e. The Morgan fingerprint density at radius 2 is 1.65 bits per heavy atom. The summed E-state index contributed by atoms with van der Waals surface area (Å²) in [5.74, 6) is 0.771. The summed E-state index contributed by atoms with van der Waals surface area (Å²) in [5.41, 5.74) is 2.39. The van der Waals surface area contributed by atoms with Gasteiger partial charge in [-0.1, -0.05) is 11.6 Å². The Bertz CT molecular complexity index is 1110. The van der Waals surface area contributed by atoms with Crippen LogP contribution < -0.4 is 10.6 Å². The fraction of sp³-hybridized carbons (Fsp3) is 0.520. The van der Waals surface area contributed by atoms with Crippen LogP contribution in [-0.4, -0.2) is 39.8 Å². The van der Waals surface area contributed by atoms with E-state index in [2.05, 4.69) is 15.7 Å². The summed E-state index contributed by atoms with van der Waals surface area (Å²) in [4.78, 5) is 37.0. The highest BCUT2D eigenvalue weighted by atomic mass is 35.5. The second-order valence-corrected chi connectivity index (χ2v) is 10.6.